The zero-order valence-corrected chi connectivity index (χ0v) is 14.3. The van der Waals surface area contributed by atoms with Crippen molar-refractivity contribution in [1.82, 2.24) is 10.2 Å². The SMILES string of the molecule is O=C1CN(Cc2ccccc2)C(=O)C(CC(=O)OC2CCCCC2)N1. The van der Waals surface area contributed by atoms with Crippen LogP contribution < -0.4 is 5.32 Å². The van der Waals surface area contributed by atoms with Crippen molar-refractivity contribution < 1.29 is 19.1 Å². The summed E-state index contributed by atoms with van der Waals surface area (Å²) in [7, 11) is 0. The number of hydrogen-bond acceptors (Lipinski definition) is 4. The summed E-state index contributed by atoms with van der Waals surface area (Å²) in [6, 6.07) is 8.67. The van der Waals surface area contributed by atoms with E-state index >= 15 is 0 Å². The molecule has 0 bridgehead atoms. The van der Waals surface area contributed by atoms with Crippen molar-refractivity contribution in [3.8, 4) is 0 Å². The van der Waals surface area contributed by atoms with Crippen LogP contribution in [-0.4, -0.2) is 41.4 Å². The Morgan fingerprint density at radius 3 is 2.56 bits per heavy atom. The van der Waals surface area contributed by atoms with Crippen molar-refractivity contribution in [2.24, 2.45) is 0 Å². The molecule has 1 unspecified atom stereocenters. The maximum absolute atomic E-state index is 12.6. The molecule has 3 rings (SSSR count). The van der Waals surface area contributed by atoms with Crippen molar-refractivity contribution >= 4 is 17.8 Å². The summed E-state index contributed by atoms with van der Waals surface area (Å²) in [5.74, 6) is -0.887. The predicted molar refractivity (Wildman–Crippen MR) is 91.4 cm³/mol. The van der Waals surface area contributed by atoms with E-state index < -0.39 is 12.0 Å². The molecule has 1 heterocycles. The van der Waals surface area contributed by atoms with Crippen LogP contribution in [0, 0.1) is 0 Å². The van der Waals surface area contributed by atoms with Crippen LogP contribution in [0.5, 0.6) is 0 Å². The third kappa shape index (κ3) is 4.81. The molecule has 2 amide bonds. The lowest BCUT2D eigenvalue weighted by Crippen LogP contribution is -2.58. The Labute approximate surface area is 147 Å². The minimum Gasteiger partial charge on any atom is -0.462 e. The lowest BCUT2D eigenvalue weighted by Gasteiger charge is -2.32. The average molecular weight is 344 g/mol. The largest absolute Gasteiger partial charge is 0.462 e. The standard InChI is InChI=1S/C19H24N2O4/c22-17-13-21(12-14-7-3-1-4-8-14)19(24)16(20-17)11-18(23)25-15-9-5-2-6-10-15/h1,3-4,7-8,15-16H,2,5-6,9-13H2,(H,20,22). The molecule has 2 fully saturated rings. The summed E-state index contributed by atoms with van der Waals surface area (Å²) in [5, 5.41) is 2.62. The molecule has 1 saturated carbocycles. The van der Waals surface area contributed by atoms with Gasteiger partial charge in [0.15, 0.2) is 0 Å². The molecule has 1 aromatic carbocycles. The molecule has 6 heteroatoms. The minimum absolute atomic E-state index is 0.0158. The van der Waals surface area contributed by atoms with Crippen LogP contribution in [0.15, 0.2) is 30.3 Å². The van der Waals surface area contributed by atoms with E-state index in [1.807, 2.05) is 30.3 Å². The summed E-state index contributed by atoms with van der Waals surface area (Å²) in [6.45, 7) is 0.378. The number of ether oxygens (including phenoxy) is 1. The lowest BCUT2D eigenvalue weighted by atomic mass is 9.98. The number of piperazine rings is 1. The summed E-state index contributed by atoms with van der Waals surface area (Å²) in [5.41, 5.74) is 0.953. The molecular weight excluding hydrogens is 320 g/mol. The van der Waals surface area contributed by atoms with Gasteiger partial charge in [0.2, 0.25) is 11.8 Å². The van der Waals surface area contributed by atoms with Crippen molar-refractivity contribution in [1.29, 1.82) is 0 Å². The van der Waals surface area contributed by atoms with Crippen LogP contribution in [0.2, 0.25) is 0 Å². The summed E-state index contributed by atoms with van der Waals surface area (Å²) >= 11 is 0. The lowest BCUT2D eigenvalue weighted by molar-refractivity contribution is -0.155. The third-order valence-corrected chi connectivity index (χ3v) is 4.72. The van der Waals surface area contributed by atoms with E-state index in [-0.39, 0.29) is 30.9 Å². The smallest absolute Gasteiger partial charge is 0.308 e. The molecule has 25 heavy (non-hydrogen) atoms. The Kier molecular flexibility index (Phi) is 5.68. The molecule has 0 radical (unpaired) electrons. The van der Waals surface area contributed by atoms with Crippen LogP contribution in [0.1, 0.15) is 44.1 Å². The van der Waals surface area contributed by atoms with Crippen LogP contribution in [0.25, 0.3) is 0 Å². The molecule has 6 nitrogen and oxygen atoms in total. The highest BCUT2D eigenvalue weighted by molar-refractivity contribution is 5.96. The number of carbonyl (C=O) groups is 3. The zero-order valence-electron chi connectivity index (χ0n) is 14.3. The van der Waals surface area contributed by atoms with Gasteiger partial charge in [-0.15, -0.1) is 0 Å². The molecule has 1 N–H and O–H groups in total. The first kappa shape index (κ1) is 17.5. The van der Waals surface area contributed by atoms with Gasteiger partial charge in [-0.2, -0.15) is 0 Å². The molecule has 134 valence electrons. The van der Waals surface area contributed by atoms with Crippen LogP contribution in [-0.2, 0) is 25.7 Å². The van der Waals surface area contributed by atoms with Crippen LogP contribution >= 0.6 is 0 Å². The van der Waals surface area contributed by atoms with E-state index in [0.717, 1.165) is 31.2 Å². The topological polar surface area (TPSA) is 75.7 Å². The van der Waals surface area contributed by atoms with Crippen molar-refractivity contribution in [3.05, 3.63) is 35.9 Å². The van der Waals surface area contributed by atoms with Crippen molar-refractivity contribution in [2.45, 2.75) is 57.2 Å². The van der Waals surface area contributed by atoms with Crippen LogP contribution in [0.4, 0.5) is 0 Å². The molecule has 1 aliphatic heterocycles. The first-order valence-electron chi connectivity index (χ1n) is 8.93. The number of amides is 2. The fourth-order valence-corrected chi connectivity index (χ4v) is 3.43. The van der Waals surface area contributed by atoms with Gasteiger partial charge >= 0.3 is 5.97 Å². The van der Waals surface area contributed by atoms with Gasteiger partial charge in [0, 0.05) is 6.54 Å². The fraction of sp³-hybridized carbons (Fsp3) is 0.526. The number of benzene rings is 1. The van der Waals surface area contributed by atoms with Crippen molar-refractivity contribution in [2.75, 3.05) is 6.54 Å². The molecule has 1 atom stereocenters. The molecular formula is C19H24N2O4. The quantitative estimate of drug-likeness (QED) is 0.826. The highest BCUT2D eigenvalue weighted by atomic mass is 16.5. The van der Waals surface area contributed by atoms with Gasteiger partial charge in [-0.05, 0) is 31.2 Å². The van der Waals surface area contributed by atoms with Gasteiger partial charge in [0.1, 0.15) is 12.1 Å². The summed E-state index contributed by atoms with van der Waals surface area (Å²) < 4.78 is 5.47. The second-order valence-electron chi connectivity index (χ2n) is 6.75. The molecule has 0 spiro atoms. The first-order chi connectivity index (χ1) is 12.1. The van der Waals surface area contributed by atoms with Gasteiger partial charge in [-0.25, -0.2) is 0 Å². The molecule has 1 saturated heterocycles. The number of hydrogen-bond donors (Lipinski definition) is 1. The predicted octanol–water partition coefficient (Wildman–Crippen LogP) is 1.78. The third-order valence-electron chi connectivity index (χ3n) is 4.72. The van der Waals surface area contributed by atoms with Gasteiger partial charge in [-0.3, -0.25) is 14.4 Å². The maximum atomic E-state index is 12.6. The molecule has 1 aliphatic carbocycles. The number of rotatable bonds is 5. The Bertz CT molecular complexity index is 626. The number of carbonyl (C=O) groups excluding carboxylic acids is 3. The zero-order chi connectivity index (χ0) is 17.6. The van der Waals surface area contributed by atoms with Gasteiger partial charge in [0.25, 0.3) is 0 Å². The van der Waals surface area contributed by atoms with E-state index in [9.17, 15) is 14.4 Å². The van der Waals surface area contributed by atoms with Gasteiger partial charge in [0.05, 0.1) is 13.0 Å². The Morgan fingerprint density at radius 2 is 1.84 bits per heavy atom. The molecule has 2 aliphatic rings. The van der Waals surface area contributed by atoms with E-state index in [4.69, 9.17) is 4.74 Å². The second-order valence-corrected chi connectivity index (χ2v) is 6.75. The van der Waals surface area contributed by atoms with E-state index in [1.54, 1.807) is 0 Å². The normalized spacial score (nSPS) is 21.8. The van der Waals surface area contributed by atoms with E-state index in [1.165, 1.54) is 11.3 Å². The maximum Gasteiger partial charge on any atom is 0.308 e. The van der Waals surface area contributed by atoms with Crippen molar-refractivity contribution in [3.63, 3.8) is 0 Å². The Balaban J connectivity index is 1.57. The fourth-order valence-electron chi connectivity index (χ4n) is 3.43. The molecule has 1 aromatic rings. The Hall–Kier alpha value is -2.37. The Morgan fingerprint density at radius 1 is 1.12 bits per heavy atom. The van der Waals surface area contributed by atoms with E-state index in [2.05, 4.69) is 5.32 Å². The van der Waals surface area contributed by atoms with E-state index in [0.29, 0.717) is 6.54 Å². The van der Waals surface area contributed by atoms with Gasteiger partial charge < -0.3 is 15.0 Å². The molecule has 0 aromatic heterocycles. The average Bonchev–Trinajstić information content (AvgIpc) is 2.60. The highest BCUT2D eigenvalue weighted by Crippen LogP contribution is 2.21. The summed E-state index contributed by atoms with van der Waals surface area (Å²) in [6.07, 6.45) is 4.94. The van der Waals surface area contributed by atoms with Crippen LogP contribution in [0.3, 0.4) is 0 Å². The van der Waals surface area contributed by atoms with Gasteiger partial charge in [-0.1, -0.05) is 36.8 Å². The first-order valence-corrected chi connectivity index (χ1v) is 8.93. The number of nitrogens with zero attached hydrogens (tertiary/aromatic N) is 1. The minimum atomic E-state index is -0.832. The summed E-state index contributed by atoms with van der Waals surface area (Å²) in [4.78, 5) is 38.2. The monoisotopic (exact) mass is 344 g/mol. The second kappa shape index (κ2) is 8.14. The highest BCUT2D eigenvalue weighted by Gasteiger charge is 2.35. The number of esters is 1. The number of nitrogens with one attached hydrogen (secondary N) is 1.